The fourth-order valence-electron chi connectivity index (χ4n) is 2.46. The van der Waals surface area contributed by atoms with Crippen LogP contribution in [0.3, 0.4) is 0 Å². The number of rotatable bonds is 8. The molecule has 0 bridgehead atoms. The minimum Gasteiger partial charge on any atom is -0.309 e. The summed E-state index contributed by atoms with van der Waals surface area (Å²) in [7, 11) is 0. The van der Waals surface area contributed by atoms with Crippen molar-refractivity contribution in [2.24, 2.45) is 0 Å². The zero-order valence-corrected chi connectivity index (χ0v) is 13.1. The van der Waals surface area contributed by atoms with Gasteiger partial charge in [0.1, 0.15) is 0 Å². The highest BCUT2D eigenvalue weighted by Crippen LogP contribution is 2.19. The third-order valence-corrected chi connectivity index (χ3v) is 4.20. The molecule has 1 aromatic carbocycles. The van der Waals surface area contributed by atoms with Gasteiger partial charge in [-0.2, -0.15) is 0 Å². The van der Waals surface area contributed by atoms with Crippen LogP contribution in [-0.4, -0.2) is 29.5 Å². The molecule has 1 N–H and O–H groups in total. The van der Waals surface area contributed by atoms with E-state index in [4.69, 9.17) is 0 Å². The van der Waals surface area contributed by atoms with Crippen molar-refractivity contribution in [2.75, 3.05) is 19.6 Å². The molecule has 0 aliphatic heterocycles. The summed E-state index contributed by atoms with van der Waals surface area (Å²) in [6.45, 7) is 8.36. The SMILES string of the molecule is CCN(CC)C(CNCc1cscn1)c1ccccc1. The van der Waals surface area contributed by atoms with Crippen molar-refractivity contribution in [1.82, 2.24) is 15.2 Å². The van der Waals surface area contributed by atoms with Crippen molar-refractivity contribution in [2.45, 2.75) is 26.4 Å². The van der Waals surface area contributed by atoms with E-state index < -0.39 is 0 Å². The van der Waals surface area contributed by atoms with Crippen molar-refractivity contribution in [3.63, 3.8) is 0 Å². The molecule has 0 saturated heterocycles. The number of nitrogens with one attached hydrogen (secondary N) is 1. The molecule has 0 aliphatic rings. The Morgan fingerprint density at radius 3 is 2.55 bits per heavy atom. The number of likely N-dealkylation sites (N-methyl/N-ethyl adjacent to an activating group) is 1. The predicted octanol–water partition coefficient (Wildman–Crippen LogP) is 3.32. The number of hydrogen-bond acceptors (Lipinski definition) is 4. The van der Waals surface area contributed by atoms with Crippen LogP contribution in [0.25, 0.3) is 0 Å². The zero-order chi connectivity index (χ0) is 14.2. The van der Waals surface area contributed by atoms with E-state index in [1.165, 1.54) is 5.56 Å². The van der Waals surface area contributed by atoms with Crippen LogP contribution in [0.2, 0.25) is 0 Å². The first-order chi connectivity index (χ1) is 9.85. The Bertz CT molecular complexity index is 466. The van der Waals surface area contributed by atoms with Gasteiger partial charge in [0, 0.05) is 24.5 Å². The Morgan fingerprint density at radius 2 is 1.95 bits per heavy atom. The molecular formula is C16H23N3S. The second-order valence-corrected chi connectivity index (χ2v) is 5.48. The van der Waals surface area contributed by atoms with Gasteiger partial charge in [0.05, 0.1) is 11.2 Å². The van der Waals surface area contributed by atoms with E-state index in [0.717, 1.165) is 31.9 Å². The van der Waals surface area contributed by atoms with Crippen LogP contribution in [0.1, 0.15) is 31.1 Å². The summed E-state index contributed by atoms with van der Waals surface area (Å²) in [5, 5.41) is 5.64. The molecule has 20 heavy (non-hydrogen) atoms. The van der Waals surface area contributed by atoms with E-state index in [1.54, 1.807) is 11.3 Å². The largest absolute Gasteiger partial charge is 0.309 e. The molecule has 0 spiro atoms. The molecule has 1 atom stereocenters. The van der Waals surface area contributed by atoms with E-state index in [2.05, 4.69) is 64.8 Å². The summed E-state index contributed by atoms with van der Waals surface area (Å²) >= 11 is 1.65. The lowest BCUT2D eigenvalue weighted by molar-refractivity contribution is 0.213. The molecule has 1 unspecified atom stereocenters. The molecule has 0 aliphatic carbocycles. The van der Waals surface area contributed by atoms with E-state index >= 15 is 0 Å². The highest BCUT2D eigenvalue weighted by atomic mass is 32.1. The van der Waals surface area contributed by atoms with Crippen molar-refractivity contribution in [1.29, 1.82) is 0 Å². The average molecular weight is 289 g/mol. The molecule has 4 heteroatoms. The van der Waals surface area contributed by atoms with Crippen LogP contribution in [0.15, 0.2) is 41.2 Å². The monoisotopic (exact) mass is 289 g/mol. The Kier molecular flexibility index (Phi) is 6.18. The van der Waals surface area contributed by atoms with Crippen LogP contribution in [0.4, 0.5) is 0 Å². The average Bonchev–Trinajstić information content (AvgIpc) is 3.01. The molecule has 108 valence electrons. The lowest BCUT2D eigenvalue weighted by Gasteiger charge is -2.30. The number of benzene rings is 1. The number of nitrogens with zero attached hydrogens (tertiary/aromatic N) is 2. The molecule has 0 fully saturated rings. The van der Waals surface area contributed by atoms with E-state index in [-0.39, 0.29) is 0 Å². The third-order valence-electron chi connectivity index (χ3n) is 3.56. The van der Waals surface area contributed by atoms with E-state index in [9.17, 15) is 0 Å². The lowest BCUT2D eigenvalue weighted by Crippen LogP contribution is -2.35. The topological polar surface area (TPSA) is 28.2 Å². The third kappa shape index (κ3) is 4.13. The molecule has 0 saturated carbocycles. The van der Waals surface area contributed by atoms with Gasteiger partial charge in [-0.3, -0.25) is 4.90 Å². The second-order valence-electron chi connectivity index (χ2n) is 4.76. The van der Waals surface area contributed by atoms with Crippen LogP contribution in [-0.2, 0) is 6.54 Å². The fourth-order valence-corrected chi connectivity index (χ4v) is 3.02. The summed E-state index contributed by atoms with van der Waals surface area (Å²) in [6, 6.07) is 11.2. The predicted molar refractivity (Wildman–Crippen MR) is 85.9 cm³/mol. The van der Waals surface area contributed by atoms with Crippen molar-refractivity contribution in [3.05, 3.63) is 52.5 Å². The molecule has 2 aromatic rings. The summed E-state index contributed by atoms with van der Waals surface area (Å²) in [5.74, 6) is 0. The van der Waals surface area contributed by atoms with Gasteiger partial charge < -0.3 is 5.32 Å². The molecule has 1 aromatic heterocycles. The van der Waals surface area contributed by atoms with Crippen LogP contribution < -0.4 is 5.32 Å². The molecule has 0 amide bonds. The van der Waals surface area contributed by atoms with Crippen molar-refractivity contribution < 1.29 is 0 Å². The van der Waals surface area contributed by atoms with Crippen LogP contribution in [0, 0.1) is 0 Å². The molecule has 3 nitrogen and oxygen atoms in total. The minimum absolute atomic E-state index is 0.421. The Balaban J connectivity index is 1.99. The highest BCUT2D eigenvalue weighted by Gasteiger charge is 2.17. The van der Waals surface area contributed by atoms with Gasteiger partial charge >= 0.3 is 0 Å². The standard InChI is InChI=1S/C16H23N3S/c1-3-19(4-2)16(14-8-6-5-7-9-14)11-17-10-15-12-20-13-18-15/h5-9,12-13,16-17H,3-4,10-11H2,1-2H3. The molecule has 1 heterocycles. The van der Waals surface area contributed by atoms with Gasteiger partial charge in [-0.05, 0) is 18.7 Å². The first-order valence-corrected chi connectivity index (χ1v) is 8.16. The fraction of sp³-hybridized carbons (Fsp3) is 0.438. The van der Waals surface area contributed by atoms with E-state index in [0.29, 0.717) is 6.04 Å². The molecule has 0 radical (unpaired) electrons. The smallest absolute Gasteiger partial charge is 0.0795 e. The molecule has 2 rings (SSSR count). The molecular weight excluding hydrogens is 266 g/mol. The minimum atomic E-state index is 0.421. The second kappa shape index (κ2) is 8.15. The summed E-state index contributed by atoms with van der Waals surface area (Å²) < 4.78 is 0. The van der Waals surface area contributed by atoms with Crippen LogP contribution >= 0.6 is 11.3 Å². The van der Waals surface area contributed by atoms with Gasteiger partial charge in [0.15, 0.2) is 0 Å². The number of aromatic nitrogens is 1. The summed E-state index contributed by atoms with van der Waals surface area (Å²) in [4.78, 5) is 6.80. The van der Waals surface area contributed by atoms with Crippen LogP contribution in [0.5, 0.6) is 0 Å². The van der Waals surface area contributed by atoms with Gasteiger partial charge in [-0.1, -0.05) is 44.2 Å². The first kappa shape index (κ1) is 15.2. The van der Waals surface area contributed by atoms with Crippen molar-refractivity contribution >= 4 is 11.3 Å². The Labute approximate surface area is 125 Å². The Morgan fingerprint density at radius 1 is 1.20 bits per heavy atom. The highest BCUT2D eigenvalue weighted by molar-refractivity contribution is 7.07. The quantitative estimate of drug-likeness (QED) is 0.808. The van der Waals surface area contributed by atoms with Gasteiger partial charge in [-0.25, -0.2) is 4.98 Å². The maximum atomic E-state index is 4.31. The van der Waals surface area contributed by atoms with E-state index in [1.807, 2.05) is 5.51 Å². The summed E-state index contributed by atoms with van der Waals surface area (Å²) in [6.07, 6.45) is 0. The zero-order valence-electron chi connectivity index (χ0n) is 12.2. The normalized spacial score (nSPS) is 12.8. The lowest BCUT2D eigenvalue weighted by atomic mass is 10.1. The van der Waals surface area contributed by atoms with Crippen molar-refractivity contribution in [3.8, 4) is 0 Å². The van der Waals surface area contributed by atoms with Gasteiger partial charge in [-0.15, -0.1) is 11.3 Å². The summed E-state index contributed by atoms with van der Waals surface area (Å²) in [5.41, 5.74) is 4.39. The first-order valence-electron chi connectivity index (χ1n) is 7.22. The Hall–Kier alpha value is -1.23. The number of hydrogen-bond donors (Lipinski definition) is 1. The maximum absolute atomic E-state index is 4.31. The van der Waals surface area contributed by atoms with Gasteiger partial charge in [0.2, 0.25) is 0 Å². The number of thiazole rings is 1. The van der Waals surface area contributed by atoms with Gasteiger partial charge in [0.25, 0.3) is 0 Å². The maximum Gasteiger partial charge on any atom is 0.0795 e.